The van der Waals surface area contributed by atoms with Gasteiger partial charge in [-0.15, -0.1) is 0 Å². The first-order valence-electron chi connectivity index (χ1n) is 7.37. The molecule has 1 heterocycles. The standard InChI is InChI=1S/C15H21N3O2/c1-8(2)11-6-12(17-7-16-11)18-14-10-4-3-9(5-10)13(14)15(19)20/h6-10,13-14H,3-5H2,1-2H3,(H,19,20)(H,16,17,18). The summed E-state index contributed by atoms with van der Waals surface area (Å²) >= 11 is 0. The molecule has 4 unspecified atom stereocenters. The number of aliphatic carboxylic acids is 1. The highest BCUT2D eigenvalue weighted by atomic mass is 16.4. The average Bonchev–Trinajstić information content (AvgIpc) is 2.99. The second kappa shape index (κ2) is 5.04. The first-order valence-corrected chi connectivity index (χ1v) is 7.37. The van der Waals surface area contributed by atoms with Crippen LogP contribution in [-0.2, 0) is 4.79 Å². The van der Waals surface area contributed by atoms with Crippen LogP contribution in [0.3, 0.4) is 0 Å². The van der Waals surface area contributed by atoms with E-state index in [2.05, 4.69) is 29.1 Å². The number of nitrogens with one attached hydrogen (secondary N) is 1. The van der Waals surface area contributed by atoms with Crippen molar-refractivity contribution in [3.05, 3.63) is 18.1 Å². The summed E-state index contributed by atoms with van der Waals surface area (Å²) < 4.78 is 0. The minimum atomic E-state index is -0.673. The van der Waals surface area contributed by atoms with Crippen LogP contribution in [0.2, 0.25) is 0 Å². The molecule has 3 rings (SSSR count). The van der Waals surface area contributed by atoms with E-state index in [1.807, 2.05) is 6.07 Å². The van der Waals surface area contributed by atoms with Gasteiger partial charge in [-0.3, -0.25) is 4.79 Å². The molecule has 2 N–H and O–H groups in total. The zero-order valence-electron chi connectivity index (χ0n) is 11.9. The van der Waals surface area contributed by atoms with Crippen molar-refractivity contribution < 1.29 is 9.90 Å². The van der Waals surface area contributed by atoms with Gasteiger partial charge in [0.25, 0.3) is 0 Å². The molecule has 2 saturated carbocycles. The van der Waals surface area contributed by atoms with Crippen LogP contribution in [0.1, 0.15) is 44.7 Å². The van der Waals surface area contributed by atoms with Crippen LogP contribution in [0.5, 0.6) is 0 Å². The van der Waals surface area contributed by atoms with Crippen molar-refractivity contribution in [2.24, 2.45) is 17.8 Å². The predicted octanol–water partition coefficient (Wildman–Crippen LogP) is 2.51. The van der Waals surface area contributed by atoms with Crippen molar-refractivity contribution in [2.75, 3.05) is 5.32 Å². The lowest BCUT2D eigenvalue weighted by Crippen LogP contribution is -2.39. The summed E-state index contributed by atoms with van der Waals surface area (Å²) in [5.74, 6) is 0.959. The Bertz CT molecular complexity index is 518. The molecule has 0 aliphatic heterocycles. The number of carboxylic acid groups (broad SMARTS) is 1. The third kappa shape index (κ3) is 2.25. The Kier molecular flexibility index (Phi) is 3.36. The Morgan fingerprint density at radius 2 is 2.10 bits per heavy atom. The number of hydrogen-bond donors (Lipinski definition) is 2. The largest absolute Gasteiger partial charge is 0.481 e. The van der Waals surface area contributed by atoms with Gasteiger partial charge >= 0.3 is 5.97 Å². The Hall–Kier alpha value is -1.65. The number of anilines is 1. The highest BCUT2D eigenvalue weighted by molar-refractivity contribution is 5.73. The molecule has 5 nitrogen and oxygen atoms in total. The third-order valence-electron chi connectivity index (χ3n) is 4.80. The lowest BCUT2D eigenvalue weighted by molar-refractivity contribution is -0.143. The molecule has 4 atom stereocenters. The van der Waals surface area contributed by atoms with E-state index in [1.54, 1.807) is 6.33 Å². The van der Waals surface area contributed by atoms with Crippen LogP contribution in [0.15, 0.2) is 12.4 Å². The van der Waals surface area contributed by atoms with E-state index < -0.39 is 5.97 Å². The maximum absolute atomic E-state index is 11.5. The number of rotatable bonds is 4. The fourth-order valence-electron chi connectivity index (χ4n) is 3.79. The minimum Gasteiger partial charge on any atom is -0.481 e. The van der Waals surface area contributed by atoms with Gasteiger partial charge in [0, 0.05) is 17.8 Å². The summed E-state index contributed by atoms with van der Waals surface area (Å²) in [6.07, 6.45) is 4.78. The second-order valence-corrected chi connectivity index (χ2v) is 6.35. The smallest absolute Gasteiger partial charge is 0.308 e. The first kappa shape index (κ1) is 13.3. The monoisotopic (exact) mass is 275 g/mol. The maximum atomic E-state index is 11.5. The van der Waals surface area contributed by atoms with Gasteiger partial charge in [-0.25, -0.2) is 9.97 Å². The quantitative estimate of drug-likeness (QED) is 0.883. The first-order chi connectivity index (χ1) is 9.56. The lowest BCUT2D eigenvalue weighted by Gasteiger charge is -2.29. The average molecular weight is 275 g/mol. The van der Waals surface area contributed by atoms with Crippen LogP contribution >= 0.6 is 0 Å². The highest BCUT2D eigenvalue weighted by Gasteiger charge is 2.51. The number of carboxylic acids is 1. The summed E-state index contributed by atoms with van der Waals surface area (Å²) in [5.41, 5.74) is 0.984. The van der Waals surface area contributed by atoms with Gasteiger partial charge in [0.05, 0.1) is 5.92 Å². The number of nitrogens with zero attached hydrogens (tertiary/aromatic N) is 2. The molecule has 108 valence electrons. The maximum Gasteiger partial charge on any atom is 0.308 e. The fourth-order valence-corrected chi connectivity index (χ4v) is 3.79. The third-order valence-corrected chi connectivity index (χ3v) is 4.80. The highest BCUT2D eigenvalue weighted by Crippen LogP contribution is 2.49. The van der Waals surface area contributed by atoms with Gasteiger partial charge in [0.15, 0.2) is 0 Å². The molecule has 5 heteroatoms. The molecule has 2 aliphatic carbocycles. The van der Waals surface area contributed by atoms with E-state index in [0.29, 0.717) is 17.8 Å². The number of aromatic nitrogens is 2. The van der Waals surface area contributed by atoms with Crippen molar-refractivity contribution in [3.8, 4) is 0 Å². The van der Waals surface area contributed by atoms with E-state index in [4.69, 9.17) is 0 Å². The Morgan fingerprint density at radius 3 is 2.80 bits per heavy atom. The summed E-state index contributed by atoms with van der Waals surface area (Å²) in [6, 6.07) is 1.96. The van der Waals surface area contributed by atoms with Crippen molar-refractivity contribution in [2.45, 2.75) is 45.1 Å². The molecule has 0 saturated heterocycles. The van der Waals surface area contributed by atoms with Crippen molar-refractivity contribution in [1.82, 2.24) is 9.97 Å². The molecule has 1 aromatic heterocycles. The van der Waals surface area contributed by atoms with Crippen LogP contribution < -0.4 is 5.32 Å². The van der Waals surface area contributed by atoms with Crippen molar-refractivity contribution >= 4 is 11.8 Å². The van der Waals surface area contributed by atoms with E-state index in [9.17, 15) is 9.90 Å². The van der Waals surface area contributed by atoms with Gasteiger partial charge in [0.1, 0.15) is 12.1 Å². The summed E-state index contributed by atoms with van der Waals surface area (Å²) in [7, 11) is 0. The minimum absolute atomic E-state index is 0.0150. The zero-order chi connectivity index (χ0) is 14.3. The summed E-state index contributed by atoms with van der Waals surface area (Å²) in [6.45, 7) is 4.17. The lowest BCUT2D eigenvalue weighted by atomic mass is 9.84. The molecule has 2 aliphatic rings. The molecule has 2 fully saturated rings. The molecule has 0 aromatic carbocycles. The van der Waals surface area contributed by atoms with E-state index in [1.165, 1.54) is 0 Å². The SMILES string of the molecule is CC(C)c1cc(NC2C3CCC(C3)C2C(=O)O)ncn1. The molecule has 0 spiro atoms. The van der Waals surface area contributed by atoms with Crippen LogP contribution in [0, 0.1) is 17.8 Å². The van der Waals surface area contributed by atoms with Gasteiger partial charge in [-0.1, -0.05) is 13.8 Å². The van der Waals surface area contributed by atoms with E-state index in [0.717, 1.165) is 30.8 Å². The molecule has 0 radical (unpaired) electrons. The zero-order valence-corrected chi connectivity index (χ0v) is 11.9. The number of fused-ring (bicyclic) bond motifs is 2. The summed E-state index contributed by atoms with van der Waals surface area (Å²) in [4.78, 5) is 20.0. The Morgan fingerprint density at radius 1 is 1.35 bits per heavy atom. The van der Waals surface area contributed by atoms with Gasteiger partial charge in [0.2, 0.25) is 0 Å². The molecule has 0 amide bonds. The van der Waals surface area contributed by atoms with Gasteiger partial charge in [-0.05, 0) is 37.0 Å². The second-order valence-electron chi connectivity index (χ2n) is 6.35. The number of hydrogen-bond acceptors (Lipinski definition) is 4. The van der Waals surface area contributed by atoms with Crippen LogP contribution in [0.4, 0.5) is 5.82 Å². The Labute approximate surface area is 118 Å². The Balaban J connectivity index is 1.80. The molecule has 2 bridgehead atoms. The molecular formula is C15H21N3O2. The van der Waals surface area contributed by atoms with Gasteiger partial charge in [-0.2, -0.15) is 0 Å². The van der Waals surface area contributed by atoms with Gasteiger partial charge < -0.3 is 10.4 Å². The van der Waals surface area contributed by atoms with E-state index >= 15 is 0 Å². The molecule has 20 heavy (non-hydrogen) atoms. The number of carbonyl (C=O) groups is 1. The van der Waals surface area contributed by atoms with Crippen LogP contribution in [-0.4, -0.2) is 27.1 Å². The molecule has 1 aromatic rings. The molecular weight excluding hydrogens is 254 g/mol. The van der Waals surface area contributed by atoms with E-state index in [-0.39, 0.29) is 12.0 Å². The topological polar surface area (TPSA) is 75.1 Å². The van der Waals surface area contributed by atoms with Crippen LogP contribution in [0.25, 0.3) is 0 Å². The fraction of sp³-hybridized carbons (Fsp3) is 0.667. The normalized spacial score (nSPS) is 31.8. The van der Waals surface area contributed by atoms with Crippen molar-refractivity contribution in [3.63, 3.8) is 0 Å². The van der Waals surface area contributed by atoms with Crippen molar-refractivity contribution in [1.29, 1.82) is 0 Å². The summed E-state index contributed by atoms with van der Waals surface area (Å²) in [5, 5.41) is 12.8. The predicted molar refractivity (Wildman–Crippen MR) is 75.5 cm³/mol.